The Morgan fingerprint density at radius 1 is 1.40 bits per heavy atom. The van der Waals surface area contributed by atoms with Gasteiger partial charge in [-0.2, -0.15) is 0 Å². The molecule has 0 radical (unpaired) electrons. The molecule has 2 heterocycles. The van der Waals surface area contributed by atoms with Crippen LogP contribution in [-0.2, 0) is 22.6 Å². The third kappa shape index (κ3) is 4.35. The number of rotatable bonds is 6. The van der Waals surface area contributed by atoms with E-state index in [1.807, 2.05) is 21.7 Å². The molecule has 1 N–H and O–H groups in total. The van der Waals surface area contributed by atoms with E-state index in [4.69, 9.17) is 4.74 Å². The zero-order chi connectivity index (χ0) is 14.4. The summed E-state index contributed by atoms with van der Waals surface area (Å²) in [4.78, 5) is 14.1. The number of hydrogen-bond acceptors (Lipinski definition) is 3. The van der Waals surface area contributed by atoms with Gasteiger partial charge in [-0.3, -0.25) is 4.79 Å². The van der Waals surface area contributed by atoms with Crippen LogP contribution in [0.15, 0.2) is 18.3 Å². The fourth-order valence-electron chi connectivity index (χ4n) is 2.31. The van der Waals surface area contributed by atoms with Crippen LogP contribution < -0.4 is 5.32 Å². The van der Waals surface area contributed by atoms with E-state index in [2.05, 4.69) is 25.2 Å². The van der Waals surface area contributed by atoms with Crippen molar-refractivity contribution < 1.29 is 9.53 Å². The monoisotopic (exact) mass is 279 g/mol. The largest absolute Gasteiger partial charge is 0.378 e. The van der Waals surface area contributed by atoms with Crippen molar-refractivity contribution in [3.05, 3.63) is 24.0 Å². The Morgan fingerprint density at radius 3 is 2.85 bits per heavy atom. The van der Waals surface area contributed by atoms with E-state index >= 15 is 0 Å². The minimum absolute atomic E-state index is 0.176. The molecule has 0 bridgehead atoms. The molecule has 5 heteroatoms. The van der Waals surface area contributed by atoms with Gasteiger partial charge in [0.05, 0.1) is 13.2 Å². The van der Waals surface area contributed by atoms with Crippen LogP contribution in [0.1, 0.15) is 19.5 Å². The van der Waals surface area contributed by atoms with Gasteiger partial charge in [0.15, 0.2) is 0 Å². The SMILES string of the molecule is CC(C)CNCc1cccn1CC(=O)N1CCOCC1. The van der Waals surface area contributed by atoms with Crippen LogP contribution in [0.5, 0.6) is 0 Å². The van der Waals surface area contributed by atoms with E-state index in [-0.39, 0.29) is 5.91 Å². The molecule has 0 unspecified atom stereocenters. The molecule has 1 fully saturated rings. The van der Waals surface area contributed by atoms with Gasteiger partial charge in [-0.05, 0) is 24.6 Å². The average Bonchev–Trinajstić information content (AvgIpc) is 2.87. The molecule has 0 saturated carbocycles. The van der Waals surface area contributed by atoms with Crippen molar-refractivity contribution in [3.63, 3.8) is 0 Å². The highest BCUT2D eigenvalue weighted by molar-refractivity contribution is 5.76. The van der Waals surface area contributed by atoms with Gasteiger partial charge in [0, 0.05) is 31.5 Å². The number of aromatic nitrogens is 1. The zero-order valence-electron chi connectivity index (χ0n) is 12.5. The summed E-state index contributed by atoms with van der Waals surface area (Å²) in [6.07, 6.45) is 1.98. The van der Waals surface area contributed by atoms with Gasteiger partial charge >= 0.3 is 0 Å². The Hall–Kier alpha value is -1.33. The van der Waals surface area contributed by atoms with E-state index < -0.39 is 0 Å². The molecule has 0 spiro atoms. The third-order valence-electron chi connectivity index (χ3n) is 3.45. The number of ether oxygens (including phenoxy) is 1. The minimum atomic E-state index is 0.176. The summed E-state index contributed by atoms with van der Waals surface area (Å²) in [7, 11) is 0. The molecule has 0 aromatic carbocycles. The summed E-state index contributed by atoms with van der Waals surface area (Å²) in [5.41, 5.74) is 1.16. The molecular formula is C15H25N3O2. The fourth-order valence-corrected chi connectivity index (χ4v) is 2.31. The van der Waals surface area contributed by atoms with Crippen molar-refractivity contribution in [3.8, 4) is 0 Å². The average molecular weight is 279 g/mol. The molecular weight excluding hydrogens is 254 g/mol. The predicted molar refractivity (Wildman–Crippen MR) is 78.4 cm³/mol. The van der Waals surface area contributed by atoms with Crippen molar-refractivity contribution in [2.45, 2.75) is 26.9 Å². The molecule has 20 heavy (non-hydrogen) atoms. The van der Waals surface area contributed by atoms with Crippen LogP contribution in [0.2, 0.25) is 0 Å². The highest BCUT2D eigenvalue weighted by Crippen LogP contribution is 2.05. The summed E-state index contributed by atoms with van der Waals surface area (Å²) in [6.45, 7) is 9.32. The normalized spacial score (nSPS) is 15.8. The fraction of sp³-hybridized carbons (Fsp3) is 0.667. The van der Waals surface area contributed by atoms with Gasteiger partial charge in [0.2, 0.25) is 5.91 Å². The van der Waals surface area contributed by atoms with Crippen LogP contribution in [0.4, 0.5) is 0 Å². The van der Waals surface area contributed by atoms with E-state index in [0.717, 1.165) is 18.8 Å². The maximum atomic E-state index is 12.2. The second kappa shape index (κ2) is 7.45. The van der Waals surface area contributed by atoms with E-state index in [1.54, 1.807) is 0 Å². The molecule has 1 amide bonds. The van der Waals surface area contributed by atoms with Gasteiger partial charge < -0.3 is 19.5 Å². The van der Waals surface area contributed by atoms with E-state index in [1.165, 1.54) is 0 Å². The summed E-state index contributed by atoms with van der Waals surface area (Å²) < 4.78 is 7.31. The molecule has 5 nitrogen and oxygen atoms in total. The van der Waals surface area contributed by atoms with Gasteiger partial charge in [-0.1, -0.05) is 13.8 Å². The quantitative estimate of drug-likeness (QED) is 0.848. The van der Waals surface area contributed by atoms with Crippen LogP contribution in [0.3, 0.4) is 0 Å². The predicted octanol–water partition coefficient (Wildman–Crippen LogP) is 1.09. The van der Waals surface area contributed by atoms with Crippen LogP contribution in [0, 0.1) is 5.92 Å². The first-order valence-corrected chi connectivity index (χ1v) is 7.37. The molecule has 1 aromatic rings. The van der Waals surface area contributed by atoms with E-state index in [0.29, 0.717) is 38.8 Å². The molecule has 2 rings (SSSR count). The molecule has 1 saturated heterocycles. The smallest absolute Gasteiger partial charge is 0.242 e. The number of amides is 1. The molecule has 1 aliphatic heterocycles. The Balaban J connectivity index is 1.85. The first-order chi connectivity index (χ1) is 9.66. The third-order valence-corrected chi connectivity index (χ3v) is 3.45. The van der Waals surface area contributed by atoms with Crippen LogP contribution in [0.25, 0.3) is 0 Å². The van der Waals surface area contributed by atoms with Crippen molar-refractivity contribution in [2.75, 3.05) is 32.8 Å². The first-order valence-electron chi connectivity index (χ1n) is 7.37. The molecule has 1 aliphatic rings. The summed E-state index contributed by atoms with van der Waals surface area (Å²) in [5.74, 6) is 0.808. The molecule has 112 valence electrons. The van der Waals surface area contributed by atoms with E-state index in [9.17, 15) is 4.79 Å². The van der Waals surface area contributed by atoms with Crippen molar-refractivity contribution >= 4 is 5.91 Å². The lowest BCUT2D eigenvalue weighted by Crippen LogP contribution is -2.42. The maximum Gasteiger partial charge on any atom is 0.242 e. The number of nitrogens with one attached hydrogen (secondary N) is 1. The minimum Gasteiger partial charge on any atom is -0.378 e. The van der Waals surface area contributed by atoms with Crippen molar-refractivity contribution in [1.82, 2.24) is 14.8 Å². The lowest BCUT2D eigenvalue weighted by molar-refractivity contribution is -0.135. The molecule has 0 atom stereocenters. The number of carbonyl (C=O) groups is 1. The van der Waals surface area contributed by atoms with Crippen LogP contribution in [-0.4, -0.2) is 48.2 Å². The standard InChI is InChI=1S/C15H25N3O2/c1-13(2)10-16-11-14-4-3-5-18(14)12-15(19)17-6-8-20-9-7-17/h3-5,13,16H,6-12H2,1-2H3. The summed E-state index contributed by atoms with van der Waals surface area (Å²) >= 11 is 0. The second-order valence-electron chi connectivity index (χ2n) is 5.65. The zero-order valence-corrected chi connectivity index (χ0v) is 12.5. The highest BCUT2D eigenvalue weighted by Gasteiger charge is 2.17. The maximum absolute atomic E-state index is 12.2. The van der Waals surface area contributed by atoms with Gasteiger partial charge in [-0.25, -0.2) is 0 Å². The Morgan fingerprint density at radius 2 is 2.15 bits per heavy atom. The van der Waals surface area contributed by atoms with Gasteiger partial charge in [-0.15, -0.1) is 0 Å². The molecule has 1 aromatic heterocycles. The highest BCUT2D eigenvalue weighted by atomic mass is 16.5. The van der Waals surface area contributed by atoms with Gasteiger partial charge in [0.25, 0.3) is 0 Å². The number of hydrogen-bond donors (Lipinski definition) is 1. The first kappa shape index (κ1) is 15.1. The van der Waals surface area contributed by atoms with Gasteiger partial charge in [0.1, 0.15) is 6.54 Å². The lowest BCUT2D eigenvalue weighted by atomic mass is 10.2. The number of carbonyl (C=O) groups excluding carboxylic acids is 1. The van der Waals surface area contributed by atoms with Crippen LogP contribution >= 0.6 is 0 Å². The summed E-state index contributed by atoms with van der Waals surface area (Å²) in [6, 6.07) is 4.07. The second-order valence-corrected chi connectivity index (χ2v) is 5.65. The summed E-state index contributed by atoms with van der Waals surface area (Å²) in [5, 5.41) is 3.41. The number of morpholine rings is 1. The van der Waals surface area contributed by atoms with Crippen molar-refractivity contribution in [2.24, 2.45) is 5.92 Å². The molecule has 0 aliphatic carbocycles. The Kier molecular flexibility index (Phi) is 5.61. The lowest BCUT2D eigenvalue weighted by Gasteiger charge is -2.27. The Labute approximate surface area is 120 Å². The Bertz CT molecular complexity index is 423. The number of nitrogens with zero attached hydrogens (tertiary/aromatic N) is 2. The topological polar surface area (TPSA) is 46.5 Å². The van der Waals surface area contributed by atoms with Crippen molar-refractivity contribution in [1.29, 1.82) is 0 Å².